The molecule has 2 N–H and O–H groups in total. The average Bonchev–Trinajstić information content (AvgIpc) is 3.39. The summed E-state index contributed by atoms with van der Waals surface area (Å²) in [6.07, 6.45) is 5.81. The van der Waals surface area contributed by atoms with Crippen molar-refractivity contribution in [3.63, 3.8) is 0 Å². The Balaban J connectivity index is 1.51. The largest absolute Gasteiger partial charge is 0.380 e. The van der Waals surface area contributed by atoms with Gasteiger partial charge in [-0.15, -0.1) is 0 Å². The first-order valence-corrected chi connectivity index (χ1v) is 10.7. The molecule has 27 heavy (non-hydrogen) atoms. The highest BCUT2D eigenvalue weighted by Gasteiger charge is 2.43. The van der Waals surface area contributed by atoms with E-state index < -0.39 is 11.0 Å². The monoisotopic (exact) mass is 394 g/mol. The summed E-state index contributed by atoms with van der Waals surface area (Å²) in [6.45, 7) is 4.00. The summed E-state index contributed by atoms with van der Waals surface area (Å²) in [5, 5.41) is 9.07. The van der Waals surface area contributed by atoms with Gasteiger partial charge in [0.1, 0.15) is 5.82 Å². The molecule has 0 saturated carbocycles. The molecule has 0 aliphatic carbocycles. The summed E-state index contributed by atoms with van der Waals surface area (Å²) >= 11 is 0. The first kappa shape index (κ1) is 18.6. The molecule has 0 radical (unpaired) electrons. The molecular weight excluding hydrogens is 368 g/mol. The van der Waals surface area contributed by atoms with Crippen LogP contribution < -0.4 is 9.21 Å². The van der Waals surface area contributed by atoms with Crippen LogP contribution in [0.1, 0.15) is 12.8 Å². The highest BCUT2D eigenvalue weighted by atomic mass is 32.3. The molecule has 2 unspecified atom stereocenters. The van der Waals surface area contributed by atoms with Crippen molar-refractivity contribution < 1.29 is 13.8 Å². The number of ether oxygens (including phenoxy) is 1. The number of aromatic nitrogens is 1. The number of nitriles is 1. The summed E-state index contributed by atoms with van der Waals surface area (Å²) in [5.41, 5.74) is 0.763. The molecule has 3 aliphatic rings. The number of methoxy groups -OCH3 is 1. The number of hydrogen-bond acceptors (Lipinski definition) is 9. The Kier molecular flexibility index (Phi) is 5.05. The number of nitrogens with zero attached hydrogens (tertiary/aromatic N) is 6. The summed E-state index contributed by atoms with van der Waals surface area (Å²) < 4.78 is 30.8. The van der Waals surface area contributed by atoms with E-state index in [1.165, 1.54) is 0 Å². The van der Waals surface area contributed by atoms with Crippen molar-refractivity contribution in [2.75, 3.05) is 55.6 Å². The van der Waals surface area contributed by atoms with Gasteiger partial charge in [0.2, 0.25) is 0 Å². The lowest BCUT2D eigenvalue weighted by Crippen LogP contribution is -2.38. The van der Waals surface area contributed by atoms with Gasteiger partial charge in [-0.25, -0.2) is 4.98 Å². The van der Waals surface area contributed by atoms with Gasteiger partial charge >= 0.3 is 0 Å². The fourth-order valence-corrected chi connectivity index (χ4v) is 6.02. The molecule has 2 atom stereocenters. The van der Waals surface area contributed by atoms with Crippen LogP contribution in [0.4, 0.5) is 11.5 Å². The predicted octanol–water partition coefficient (Wildman–Crippen LogP) is 1.56. The van der Waals surface area contributed by atoms with Crippen molar-refractivity contribution >= 4 is 22.5 Å². The highest BCUT2D eigenvalue weighted by molar-refractivity contribution is 8.23. The van der Waals surface area contributed by atoms with E-state index in [-0.39, 0.29) is 12.1 Å². The van der Waals surface area contributed by atoms with E-state index in [4.69, 9.17) is 10.00 Å². The Morgan fingerprint density at radius 3 is 2.78 bits per heavy atom. The molecule has 0 bridgehead atoms. The molecule has 0 aromatic carbocycles. The number of rotatable bonds is 4. The first-order chi connectivity index (χ1) is 13.0. The normalized spacial score (nSPS) is 29.3. The van der Waals surface area contributed by atoms with Crippen LogP contribution in [0.25, 0.3) is 0 Å². The quantitative estimate of drug-likeness (QED) is 0.737. The van der Waals surface area contributed by atoms with Crippen LogP contribution in [-0.4, -0.2) is 81.8 Å². The van der Waals surface area contributed by atoms with Crippen LogP contribution in [0.15, 0.2) is 18.3 Å². The Morgan fingerprint density at radius 2 is 2.07 bits per heavy atom. The van der Waals surface area contributed by atoms with Crippen molar-refractivity contribution in [1.82, 2.24) is 14.2 Å². The second-order valence-corrected chi connectivity index (χ2v) is 9.08. The molecular formula is C17H26N6O3S. The van der Waals surface area contributed by atoms with Gasteiger partial charge in [-0.3, -0.25) is 13.4 Å². The van der Waals surface area contributed by atoms with Gasteiger partial charge in [-0.2, -0.15) is 9.57 Å². The Bertz CT molecular complexity index is 729. The Morgan fingerprint density at radius 1 is 1.22 bits per heavy atom. The lowest BCUT2D eigenvalue weighted by molar-refractivity contribution is 0.121. The van der Waals surface area contributed by atoms with Crippen LogP contribution in [-0.2, 0) is 4.74 Å². The number of likely N-dealkylation sites (tertiary alicyclic amines) is 1. The van der Waals surface area contributed by atoms with E-state index in [9.17, 15) is 9.11 Å². The molecule has 4 rings (SSSR count). The lowest BCUT2D eigenvalue weighted by atomic mass is 10.2. The molecule has 0 spiro atoms. The summed E-state index contributed by atoms with van der Waals surface area (Å²) in [6, 6.07) is 3.73. The first-order valence-electron chi connectivity index (χ1n) is 9.24. The zero-order chi connectivity index (χ0) is 19.0. The molecule has 9 nitrogen and oxygen atoms in total. The zero-order valence-electron chi connectivity index (χ0n) is 15.4. The van der Waals surface area contributed by atoms with Crippen molar-refractivity contribution in [3.8, 4) is 6.19 Å². The van der Waals surface area contributed by atoms with Crippen LogP contribution >= 0.6 is 11.0 Å². The van der Waals surface area contributed by atoms with E-state index >= 15 is 0 Å². The minimum Gasteiger partial charge on any atom is -0.380 e. The van der Waals surface area contributed by atoms with Crippen LogP contribution in [0.3, 0.4) is 0 Å². The van der Waals surface area contributed by atoms with Crippen molar-refractivity contribution in [2.24, 2.45) is 0 Å². The van der Waals surface area contributed by atoms with Crippen LogP contribution in [0.2, 0.25) is 0 Å². The number of pyridine rings is 1. The second kappa shape index (κ2) is 7.33. The molecule has 3 fully saturated rings. The molecule has 1 aromatic rings. The third-order valence-corrected chi connectivity index (χ3v) is 7.76. The van der Waals surface area contributed by atoms with E-state index in [1.54, 1.807) is 26.8 Å². The van der Waals surface area contributed by atoms with Gasteiger partial charge in [0.25, 0.3) is 0 Å². The zero-order valence-corrected chi connectivity index (χ0v) is 16.3. The third-order valence-electron chi connectivity index (χ3n) is 5.67. The SMILES string of the molecule is COC1CCN(c2cc(N3CCN(C4CCN(C#N)C4)S3(O)O)ccn2)C1. The van der Waals surface area contributed by atoms with E-state index in [0.717, 1.165) is 37.4 Å². The van der Waals surface area contributed by atoms with Crippen molar-refractivity contribution in [1.29, 1.82) is 5.26 Å². The molecule has 3 saturated heterocycles. The van der Waals surface area contributed by atoms with Crippen LogP contribution in [0, 0.1) is 11.5 Å². The molecule has 0 amide bonds. The van der Waals surface area contributed by atoms with Crippen LogP contribution in [0.5, 0.6) is 0 Å². The van der Waals surface area contributed by atoms with E-state index in [2.05, 4.69) is 16.1 Å². The van der Waals surface area contributed by atoms with Gasteiger partial charge < -0.3 is 14.5 Å². The fraction of sp³-hybridized carbons (Fsp3) is 0.647. The Labute approximate surface area is 161 Å². The smallest absolute Gasteiger partial charge is 0.179 e. The molecule has 3 aliphatic heterocycles. The summed E-state index contributed by atoms with van der Waals surface area (Å²) in [4.78, 5) is 8.30. The number of anilines is 2. The maximum atomic E-state index is 11.0. The summed E-state index contributed by atoms with van der Waals surface area (Å²) in [7, 11) is -1.37. The van der Waals surface area contributed by atoms with Crippen molar-refractivity contribution in [3.05, 3.63) is 18.3 Å². The van der Waals surface area contributed by atoms with E-state index in [0.29, 0.717) is 26.2 Å². The standard InChI is InChI=1S/C17H26N6O3S/c1-26-16-4-7-21(12-16)17-10-14(2-5-19-17)22-8-9-23(27(22,24)25)15-3-6-20(11-15)13-18/h2,5,10,15-16,24-25H,3-4,6-9,11-12H2,1H3. The third kappa shape index (κ3) is 3.41. The molecule has 1 aromatic heterocycles. The molecule has 4 heterocycles. The minimum absolute atomic E-state index is 0.0120. The van der Waals surface area contributed by atoms with Gasteiger partial charge in [0, 0.05) is 52.1 Å². The van der Waals surface area contributed by atoms with Gasteiger partial charge in [0.05, 0.1) is 24.4 Å². The minimum atomic E-state index is -3.09. The maximum absolute atomic E-state index is 11.0. The Hall–Kier alpha value is -1.77. The van der Waals surface area contributed by atoms with Gasteiger partial charge in [-0.05, 0) is 18.9 Å². The molecule has 10 heteroatoms. The highest BCUT2D eigenvalue weighted by Crippen LogP contribution is 2.55. The van der Waals surface area contributed by atoms with Gasteiger partial charge in [0.15, 0.2) is 6.19 Å². The summed E-state index contributed by atoms with van der Waals surface area (Å²) in [5.74, 6) is 0.831. The fourth-order valence-electron chi connectivity index (χ4n) is 4.15. The lowest BCUT2D eigenvalue weighted by Gasteiger charge is -2.45. The number of hydrogen-bond donors (Lipinski definition) is 2. The topological polar surface area (TPSA) is 99.3 Å². The second-order valence-electron chi connectivity index (χ2n) is 7.19. The van der Waals surface area contributed by atoms with E-state index in [1.807, 2.05) is 12.1 Å². The van der Waals surface area contributed by atoms with Crippen molar-refractivity contribution in [2.45, 2.75) is 25.0 Å². The molecule has 148 valence electrons. The average molecular weight is 395 g/mol. The van der Waals surface area contributed by atoms with Gasteiger partial charge in [-0.1, -0.05) is 11.0 Å². The predicted molar refractivity (Wildman–Crippen MR) is 104 cm³/mol. The maximum Gasteiger partial charge on any atom is 0.179 e.